The highest BCUT2D eigenvalue weighted by Crippen LogP contribution is 2.41. The number of benzene rings is 1. The van der Waals surface area contributed by atoms with Gasteiger partial charge in [0.15, 0.2) is 0 Å². The van der Waals surface area contributed by atoms with E-state index in [4.69, 9.17) is 21.1 Å². The van der Waals surface area contributed by atoms with Crippen molar-refractivity contribution < 1.29 is 9.47 Å². The molecule has 1 heterocycles. The number of aryl methyl sites for hydroxylation is 1. The van der Waals surface area contributed by atoms with Gasteiger partial charge in [0.05, 0.1) is 18.1 Å². The zero-order valence-electron chi connectivity index (χ0n) is 11.3. The quantitative estimate of drug-likeness (QED) is 0.766. The van der Waals surface area contributed by atoms with E-state index in [1.165, 1.54) is 5.56 Å². The molecule has 0 bridgehead atoms. The molecule has 0 spiro atoms. The van der Waals surface area contributed by atoms with Gasteiger partial charge < -0.3 is 9.47 Å². The van der Waals surface area contributed by atoms with E-state index in [0.717, 1.165) is 24.3 Å². The van der Waals surface area contributed by atoms with Gasteiger partial charge in [-0.2, -0.15) is 0 Å². The topological polar surface area (TPSA) is 18.5 Å². The second-order valence-electron chi connectivity index (χ2n) is 4.90. The van der Waals surface area contributed by atoms with E-state index >= 15 is 0 Å². The van der Waals surface area contributed by atoms with Crippen molar-refractivity contribution in [2.24, 2.45) is 5.92 Å². The fourth-order valence-corrected chi connectivity index (χ4v) is 3.03. The van der Waals surface area contributed by atoms with Crippen molar-refractivity contribution in [3.8, 4) is 5.75 Å². The van der Waals surface area contributed by atoms with Gasteiger partial charge in [-0.25, -0.2) is 0 Å². The molecular formula is C15H21ClO2. The summed E-state index contributed by atoms with van der Waals surface area (Å²) in [6.07, 6.45) is 1.25. The average Bonchev–Trinajstić information content (AvgIpc) is 2.77. The van der Waals surface area contributed by atoms with E-state index in [2.05, 4.69) is 26.0 Å². The molecule has 2 rings (SSSR count). The Morgan fingerprint density at radius 1 is 1.50 bits per heavy atom. The summed E-state index contributed by atoms with van der Waals surface area (Å²) in [7, 11) is 0. The number of rotatable bonds is 4. The standard InChI is InChI=1S/C15H21ClO2/c1-4-17-14-6-5-10(2)9-13(14)15(16)12-7-8-18-11(12)3/h5-6,9,11-12,15H,4,7-8H2,1-3H3. The minimum Gasteiger partial charge on any atom is -0.494 e. The monoisotopic (exact) mass is 268 g/mol. The molecule has 2 nitrogen and oxygen atoms in total. The molecular weight excluding hydrogens is 248 g/mol. The molecule has 0 aromatic heterocycles. The van der Waals surface area contributed by atoms with Gasteiger partial charge in [-0.15, -0.1) is 11.6 Å². The molecule has 1 aromatic carbocycles. The highest BCUT2D eigenvalue weighted by molar-refractivity contribution is 6.21. The Bertz CT molecular complexity index is 405. The molecule has 3 heteroatoms. The van der Waals surface area contributed by atoms with E-state index < -0.39 is 0 Å². The first-order chi connectivity index (χ1) is 8.63. The normalized spacial score (nSPS) is 25.1. The summed E-state index contributed by atoms with van der Waals surface area (Å²) in [5.41, 5.74) is 2.31. The van der Waals surface area contributed by atoms with Gasteiger partial charge in [-0.1, -0.05) is 17.7 Å². The highest BCUT2D eigenvalue weighted by Gasteiger charge is 2.33. The van der Waals surface area contributed by atoms with Crippen LogP contribution in [0.3, 0.4) is 0 Å². The lowest BCUT2D eigenvalue weighted by atomic mass is 9.92. The maximum absolute atomic E-state index is 6.66. The molecule has 3 unspecified atom stereocenters. The predicted molar refractivity (Wildman–Crippen MR) is 74.5 cm³/mol. The van der Waals surface area contributed by atoms with Crippen molar-refractivity contribution in [3.05, 3.63) is 29.3 Å². The van der Waals surface area contributed by atoms with Crippen molar-refractivity contribution in [1.29, 1.82) is 0 Å². The van der Waals surface area contributed by atoms with Gasteiger partial charge >= 0.3 is 0 Å². The molecule has 1 fully saturated rings. The maximum atomic E-state index is 6.66. The Morgan fingerprint density at radius 3 is 2.89 bits per heavy atom. The summed E-state index contributed by atoms with van der Waals surface area (Å²) < 4.78 is 11.3. The Morgan fingerprint density at radius 2 is 2.28 bits per heavy atom. The molecule has 1 aliphatic rings. The zero-order valence-corrected chi connectivity index (χ0v) is 12.0. The lowest BCUT2D eigenvalue weighted by Gasteiger charge is -2.23. The molecule has 0 aliphatic carbocycles. The molecule has 1 aromatic rings. The minimum absolute atomic E-state index is 0.0380. The van der Waals surface area contributed by atoms with E-state index in [0.29, 0.717) is 12.5 Å². The molecule has 0 N–H and O–H groups in total. The second kappa shape index (κ2) is 5.94. The molecule has 3 atom stereocenters. The van der Waals surface area contributed by atoms with Crippen LogP contribution in [-0.2, 0) is 4.74 Å². The van der Waals surface area contributed by atoms with Gasteiger partial charge in [0.1, 0.15) is 5.75 Å². The average molecular weight is 269 g/mol. The third kappa shape index (κ3) is 2.81. The number of halogens is 1. The van der Waals surface area contributed by atoms with Crippen LogP contribution in [0.5, 0.6) is 5.75 Å². The summed E-state index contributed by atoms with van der Waals surface area (Å²) in [6, 6.07) is 6.21. The lowest BCUT2D eigenvalue weighted by molar-refractivity contribution is 0.104. The van der Waals surface area contributed by atoms with Crippen LogP contribution in [0.25, 0.3) is 0 Å². The number of hydrogen-bond acceptors (Lipinski definition) is 2. The van der Waals surface area contributed by atoms with E-state index in [-0.39, 0.29) is 11.5 Å². The molecule has 100 valence electrons. The maximum Gasteiger partial charge on any atom is 0.123 e. The summed E-state index contributed by atoms with van der Waals surface area (Å²) >= 11 is 6.66. The third-order valence-corrected chi connectivity index (χ3v) is 4.13. The van der Waals surface area contributed by atoms with Crippen molar-refractivity contribution in [3.63, 3.8) is 0 Å². The highest BCUT2D eigenvalue weighted by atomic mass is 35.5. The molecule has 18 heavy (non-hydrogen) atoms. The SMILES string of the molecule is CCOc1ccc(C)cc1C(Cl)C1CCOC1C. The van der Waals surface area contributed by atoms with Crippen molar-refractivity contribution in [2.75, 3.05) is 13.2 Å². The third-order valence-electron chi connectivity index (χ3n) is 3.57. The van der Waals surface area contributed by atoms with Crippen LogP contribution in [0.1, 0.15) is 36.8 Å². The Labute approximate surface area is 114 Å². The first kappa shape index (κ1) is 13.7. The number of alkyl halides is 1. The summed E-state index contributed by atoms with van der Waals surface area (Å²) in [5.74, 6) is 1.27. The smallest absolute Gasteiger partial charge is 0.123 e. The van der Waals surface area contributed by atoms with Crippen LogP contribution in [0, 0.1) is 12.8 Å². The fraction of sp³-hybridized carbons (Fsp3) is 0.600. The van der Waals surface area contributed by atoms with Gasteiger partial charge in [0, 0.05) is 18.1 Å². The summed E-state index contributed by atoms with van der Waals surface area (Å²) in [5, 5.41) is -0.0380. The number of hydrogen-bond donors (Lipinski definition) is 0. The summed E-state index contributed by atoms with van der Waals surface area (Å²) in [6.45, 7) is 7.65. The number of ether oxygens (including phenoxy) is 2. The van der Waals surface area contributed by atoms with Crippen LogP contribution in [0.2, 0.25) is 0 Å². The zero-order chi connectivity index (χ0) is 13.1. The van der Waals surface area contributed by atoms with Crippen LogP contribution >= 0.6 is 11.6 Å². The Hall–Kier alpha value is -0.730. The van der Waals surface area contributed by atoms with Gasteiger partial charge in [-0.3, -0.25) is 0 Å². The Kier molecular flexibility index (Phi) is 4.52. The first-order valence-electron chi connectivity index (χ1n) is 6.62. The second-order valence-corrected chi connectivity index (χ2v) is 5.37. The van der Waals surface area contributed by atoms with Gasteiger partial charge in [0.2, 0.25) is 0 Å². The molecule has 0 amide bonds. The van der Waals surface area contributed by atoms with E-state index in [9.17, 15) is 0 Å². The van der Waals surface area contributed by atoms with Crippen LogP contribution in [-0.4, -0.2) is 19.3 Å². The van der Waals surface area contributed by atoms with Crippen LogP contribution < -0.4 is 4.74 Å². The molecule has 1 saturated heterocycles. The fourth-order valence-electron chi connectivity index (χ4n) is 2.53. The van der Waals surface area contributed by atoms with Crippen LogP contribution in [0.4, 0.5) is 0 Å². The molecule has 0 saturated carbocycles. The minimum atomic E-state index is -0.0380. The molecule has 0 radical (unpaired) electrons. The van der Waals surface area contributed by atoms with Crippen molar-refractivity contribution in [1.82, 2.24) is 0 Å². The van der Waals surface area contributed by atoms with E-state index in [1.807, 2.05) is 13.0 Å². The van der Waals surface area contributed by atoms with Crippen molar-refractivity contribution >= 4 is 11.6 Å². The van der Waals surface area contributed by atoms with Gasteiger partial charge in [0.25, 0.3) is 0 Å². The lowest BCUT2D eigenvalue weighted by Crippen LogP contribution is -2.17. The predicted octanol–water partition coefficient (Wildman–Crippen LogP) is 4.10. The van der Waals surface area contributed by atoms with Crippen LogP contribution in [0.15, 0.2) is 18.2 Å². The van der Waals surface area contributed by atoms with Gasteiger partial charge in [-0.05, 0) is 33.3 Å². The van der Waals surface area contributed by atoms with E-state index in [1.54, 1.807) is 0 Å². The summed E-state index contributed by atoms with van der Waals surface area (Å²) in [4.78, 5) is 0. The van der Waals surface area contributed by atoms with Crippen molar-refractivity contribution in [2.45, 2.75) is 38.7 Å². The largest absolute Gasteiger partial charge is 0.494 e. The first-order valence-corrected chi connectivity index (χ1v) is 7.06. The molecule has 1 aliphatic heterocycles. The Balaban J connectivity index is 2.27.